The van der Waals surface area contributed by atoms with Gasteiger partial charge in [-0.2, -0.15) is 0 Å². The average molecular weight is 379 g/mol. The van der Waals surface area contributed by atoms with E-state index in [1.807, 2.05) is 0 Å². The third-order valence-corrected chi connectivity index (χ3v) is 6.05. The van der Waals surface area contributed by atoms with E-state index < -0.39 is 28.1 Å². The molecule has 0 radical (unpaired) electrons. The lowest BCUT2D eigenvalue weighted by molar-refractivity contribution is 0.0692. The molecule has 2 aromatic heterocycles. The minimum atomic E-state index is -1.51. The minimum Gasteiger partial charge on any atom is -0.497 e. The molecule has 0 fully saturated rings. The summed E-state index contributed by atoms with van der Waals surface area (Å²) < 4.78 is 24.9. The molecule has 3 rings (SSSR count). The van der Waals surface area contributed by atoms with Gasteiger partial charge in [-0.15, -0.1) is 11.3 Å². The molecule has 0 aliphatic carbocycles. The van der Waals surface area contributed by atoms with Gasteiger partial charge in [-0.25, -0.2) is 13.8 Å². The number of fused-ring (bicyclic) bond motifs is 1. The number of rotatable bonds is 5. The summed E-state index contributed by atoms with van der Waals surface area (Å²) in [6.07, 6.45) is 0. The van der Waals surface area contributed by atoms with Crippen molar-refractivity contribution in [3.05, 3.63) is 52.4 Å². The number of carboxylic acids is 1. The number of benzene rings is 1. The van der Waals surface area contributed by atoms with E-state index in [9.17, 15) is 13.8 Å². The molecule has 25 heavy (non-hydrogen) atoms. The third kappa shape index (κ3) is 3.28. The molecule has 9 heteroatoms. The van der Waals surface area contributed by atoms with Gasteiger partial charge in [-0.05, 0) is 24.3 Å². The van der Waals surface area contributed by atoms with Crippen molar-refractivity contribution in [1.82, 2.24) is 0 Å². The molecule has 130 valence electrons. The Labute approximate surface area is 148 Å². The van der Waals surface area contributed by atoms with Crippen LogP contribution in [0.2, 0.25) is 0 Å². The largest absolute Gasteiger partial charge is 0.497 e. The predicted molar refractivity (Wildman–Crippen MR) is 95.1 cm³/mol. The summed E-state index contributed by atoms with van der Waals surface area (Å²) in [5.74, 6) is -0.758. The van der Waals surface area contributed by atoms with Gasteiger partial charge in [0.05, 0.1) is 16.7 Å². The van der Waals surface area contributed by atoms with E-state index in [4.69, 9.17) is 14.3 Å². The Morgan fingerprint density at radius 1 is 1.32 bits per heavy atom. The summed E-state index contributed by atoms with van der Waals surface area (Å²) in [7, 11) is 1.65. The molecule has 1 atom stereocenters. The molecule has 0 saturated carbocycles. The van der Waals surface area contributed by atoms with E-state index in [1.165, 1.54) is 28.8 Å². The maximum absolute atomic E-state index is 12.7. The van der Waals surface area contributed by atoms with Gasteiger partial charge in [0.1, 0.15) is 16.3 Å². The van der Waals surface area contributed by atoms with Crippen molar-refractivity contribution >= 4 is 43.6 Å². The predicted octanol–water partition coefficient (Wildman–Crippen LogP) is 2.72. The summed E-state index contributed by atoms with van der Waals surface area (Å²) in [6, 6.07) is 9.70. The highest BCUT2D eigenvalue weighted by Crippen LogP contribution is 2.33. The maximum atomic E-state index is 12.7. The van der Waals surface area contributed by atoms with Crippen LogP contribution in [0.25, 0.3) is 10.3 Å². The number of thiophene rings is 1. The molecule has 0 aliphatic heterocycles. The van der Waals surface area contributed by atoms with Crippen molar-refractivity contribution in [3.8, 4) is 5.75 Å². The zero-order valence-corrected chi connectivity index (χ0v) is 14.8. The van der Waals surface area contributed by atoms with Crippen LogP contribution in [-0.2, 0) is 11.0 Å². The SMILES string of the molecule is COc1cccc(S(=O)N(C)c2cc3oc(=O)c(C(=O)O)cc3s2)c1. The van der Waals surface area contributed by atoms with Crippen molar-refractivity contribution < 1.29 is 23.3 Å². The lowest BCUT2D eigenvalue weighted by Gasteiger charge is -2.15. The van der Waals surface area contributed by atoms with Crippen molar-refractivity contribution in [2.24, 2.45) is 0 Å². The smallest absolute Gasteiger partial charge is 0.351 e. The van der Waals surface area contributed by atoms with Crippen molar-refractivity contribution in [1.29, 1.82) is 0 Å². The third-order valence-electron chi connectivity index (χ3n) is 3.44. The summed E-state index contributed by atoms with van der Waals surface area (Å²) in [4.78, 5) is 23.2. The first-order valence-electron chi connectivity index (χ1n) is 7.01. The van der Waals surface area contributed by atoms with E-state index in [1.54, 1.807) is 37.4 Å². The summed E-state index contributed by atoms with van der Waals surface area (Å²) in [6.45, 7) is 0. The van der Waals surface area contributed by atoms with Gasteiger partial charge in [0, 0.05) is 13.1 Å². The van der Waals surface area contributed by atoms with Gasteiger partial charge in [0.2, 0.25) is 0 Å². The molecule has 0 aliphatic rings. The van der Waals surface area contributed by atoms with Crippen LogP contribution in [0, 0.1) is 0 Å². The monoisotopic (exact) mass is 379 g/mol. The van der Waals surface area contributed by atoms with Gasteiger partial charge < -0.3 is 14.3 Å². The number of ether oxygens (including phenoxy) is 1. The Morgan fingerprint density at radius 3 is 2.76 bits per heavy atom. The second-order valence-corrected chi connectivity index (χ2v) is 7.57. The van der Waals surface area contributed by atoms with Crippen molar-refractivity contribution in [2.75, 3.05) is 18.5 Å². The fourth-order valence-electron chi connectivity index (χ4n) is 2.15. The van der Waals surface area contributed by atoms with Crippen LogP contribution in [0.4, 0.5) is 5.00 Å². The van der Waals surface area contributed by atoms with Gasteiger partial charge in [0.25, 0.3) is 0 Å². The van der Waals surface area contributed by atoms with Gasteiger partial charge in [-0.1, -0.05) is 6.07 Å². The zero-order valence-electron chi connectivity index (χ0n) is 13.2. The lowest BCUT2D eigenvalue weighted by atomic mass is 10.3. The van der Waals surface area contributed by atoms with E-state index in [0.717, 1.165) is 0 Å². The average Bonchev–Trinajstić information content (AvgIpc) is 3.02. The number of nitrogens with zero attached hydrogens (tertiary/aromatic N) is 1. The van der Waals surface area contributed by atoms with Crippen LogP contribution in [0.5, 0.6) is 5.75 Å². The number of carboxylic acid groups (broad SMARTS) is 1. The zero-order chi connectivity index (χ0) is 18.1. The molecule has 0 bridgehead atoms. The molecule has 3 aromatic rings. The molecular weight excluding hydrogens is 366 g/mol. The van der Waals surface area contributed by atoms with Crippen molar-refractivity contribution in [2.45, 2.75) is 4.90 Å². The standard InChI is InChI=1S/C16H13NO6S2/c1-17(25(21)10-5-3-4-9(6-10)22-2)14-8-12-13(24-14)7-11(15(18)19)16(20)23-12/h3-8H,1-2H3,(H,18,19). The fourth-order valence-corrected chi connectivity index (χ4v) is 4.31. The maximum Gasteiger partial charge on any atom is 0.351 e. The highest BCUT2D eigenvalue weighted by molar-refractivity contribution is 7.86. The van der Waals surface area contributed by atoms with Crippen LogP contribution in [0.1, 0.15) is 10.4 Å². The highest BCUT2D eigenvalue weighted by atomic mass is 32.2. The number of aromatic carboxylic acids is 1. The first kappa shape index (κ1) is 17.2. The number of anilines is 1. The second kappa shape index (κ2) is 6.69. The minimum absolute atomic E-state index is 0.254. The van der Waals surface area contributed by atoms with Crippen LogP contribution < -0.4 is 14.7 Å². The Hall–Kier alpha value is -2.65. The van der Waals surface area contributed by atoms with Crippen molar-refractivity contribution in [3.63, 3.8) is 0 Å². The molecule has 0 saturated heterocycles. The molecule has 1 N–H and O–H groups in total. The Balaban J connectivity index is 1.99. The molecule has 7 nitrogen and oxygen atoms in total. The van der Waals surface area contributed by atoms with Crippen LogP contribution in [0.3, 0.4) is 0 Å². The summed E-state index contributed by atoms with van der Waals surface area (Å²) in [5, 5.41) is 9.57. The first-order valence-corrected chi connectivity index (χ1v) is 8.93. The van der Waals surface area contributed by atoms with Crippen LogP contribution >= 0.6 is 11.3 Å². The lowest BCUT2D eigenvalue weighted by Crippen LogP contribution is -2.19. The Kier molecular flexibility index (Phi) is 4.60. The highest BCUT2D eigenvalue weighted by Gasteiger charge is 2.18. The van der Waals surface area contributed by atoms with Gasteiger partial charge in [-0.3, -0.25) is 4.31 Å². The Morgan fingerprint density at radius 2 is 2.08 bits per heavy atom. The molecular formula is C16H13NO6S2. The molecule has 0 amide bonds. The van der Waals surface area contributed by atoms with Gasteiger partial charge >= 0.3 is 11.6 Å². The number of carbonyl (C=O) groups is 1. The second-order valence-electron chi connectivity index (χ2n) is 4.99. The van der Waals surface area contributed by atoms with Crippen LogP contribution in [-0.4, -0.2) is 29.4 Å². The van der Waals surface area contributed by atoms with E-state index in [2.05, 4.69) is 0 Å². The first-order chi connectivity index (χ1) is 11.9. The fraction of sp³-hybridized carbons (Fsp3) is 0.125. The topological polar surface area (TPSA) is 97.0 Å². The number of hydrogen-bond acceptors (Lipinski definition) is 6. The van der Waals surface area contributed by atoms with Crippen LogP contribution in [0.15, 0.2) is 50.5 Å². The molecule has 1 aromatic carbocycles. The van der Waals surface area contributed by atoms with Gasteiger partial charge in [0.15, 0.2) is 16.6 Å². The summed E-state index contributed by atoms with van der Waals surface area (Å²) in [5.41, 5.74) is -1.09. The molecule has 0 spiro atoms. The number of methoxy groups -OCH3 is 1. The quantitative estimate of drug-likeness (QED) is 0.732. The summed E-state index contributed by atoms with van der Waals surface area (Å²) >= 11 is 1.18. The molecule has 2 heterocycles. The van der Waals surface area contributed by atoms with E-state index in [-0.39, 0.29) is 5.58 Å². The molecule has 1 unspecified atom stereocenters. The number of hydrogen-bond donors (Lipinski definition) is 1. The normalized spacial score (nSPS) is 12.1. The Bertz CT molecular complexity index is 1040. The van der Waals surface area contributed by atoms with E-state index in [0.29, 0.717) is 20.3 Å². The van der Waals surface area contributed by atoms with E-state index >= 15 is 0 Å².